The summed E-state index contributed by atoms with van der Waals surface area (Å²) in [5.74, 6) is 1.04. The number of allylic oxidation sites excluding steroid dienone is 1. The standard InChI is InChI=1S/C20H12Br2N4O4/c21-11-3-9(4-12(22)18(11)27)15-10(6-23)19(24)30-20-16(15)17(25-26-20)8-1-2-13-14(5-8)29-7-28-13/h1-5,15,27H,7,24H2,(H,25,26)/t15-/m0/s1. The summed E-state index contributed by atoms with van der Waals surface area (Å²) in [5.41, 5.74) is 9.10. The number of aromatic hydroxyl groups is 1. The molecule has 3 aromatic rings. The zero-order chi connectivity index (χ0) is 21.0. The number of hydrogen-bond acceptors (Lipinski definition) is 7. The van der Waals surface area contributed by atoms with Crippen LogP contribution in [0.5, 0.6) is 23.1 Å². The van der Waals surface area contributed by atoms with E-state index in [1.165, 1.54) is 0 Å². The fourth-order valence-corrected chi connectivity index (χ4v) is 4.82. The van der Waals surface area contributed by atoms with Crippen molar-refractivity contribution in [3.8, 4) is 40.5 Å². The van der Waals surface area contributed by atoms with Crippen LogP contribution in [0.1, 0.15) is 17.0 Å². The monoisotopic (exact) mass is 530 g/mol. The van der Waals surface area contributed by atoms with Gasteiger partial charge in [0.2, 0.25) is 18.6 Å². The molecule has 2 aromatic carbocycles. The molecule has 0 fully saturated rings. The number of nitrogens with zero attached hydrogens (tertiary/aromatic N) is 2. The number of hydrogen-bond donors (Lipinski definition) is 3. The highest BCUT2D eigenvalue weighted by Gasteiger charge is 2.36. The molecule has 1 aromatic heterocycles. The van der Waals surface area contributed by atoms with Gasteiger partial charge in [-0.25, -0.2) is 0 Å². The number of nitrogens with two attached hydrogens (primary N) is 1. The van der Waals surface area contributed by atoms with Crippen molar-refractivity contribution >= 4 is 31.9 Å². The summed E-state index contributed by atoms with van der Waals surface area (Å²) in [6.45, 7) is 0.166. The summed E-state index contributed by atoms with van der Waals surface area (Å²) in [7, 11) is 0. The SMILES string of the molecule is N#CC1=C(N)Oc2n[nH]c(-c3ccc4c(c3)OCO4)c2[C@H]1c1cc(Br)c(O)c(Br)c1. The van der Waals surface area contributed by atoms with Crippen molar-refractivity contribution in [2.45, 2.75) is 5.92 Å². The largest absolute Gasteiger partial charge is 0.506 e. The number of nitriles is 1. The average molecular weight is 532 g/mol. The molecule has 2 aliphatic heterocycles. The quantitative estimate of drug-likeness (QED) is 0.451. The van der Waals surface area contributed by atoms with E-state index in [9.17, 15) is 10.4 Å². The first-order chi connectivity index (χ1) is 14.5. The number of aromatic amines is 1. The summed E-state index contributed by atoms with van der Waals surface area (Å²) in [4.78, 5) is 0. The molecule has 1 atom stereocenters. The van der Waals surface area contributed by atoms with E-state index < -0.39 is 5.92 Å². The number of phenolic OH excluding ortho intramolecular Hbond substituents is 1. The number of fused-ring (bicyclic) bond motifs is 2. The Balaban J connectivity index is 1.73. The van der Waals surface area contributed by atoms with Gasteiger partial charge in [-0.1, -0.05) is 0 Å². The predicted octanol–water partition coefficient (Wildman–Crippen LogP) is 4.25. The molecular formula is C20H12Br2N4O4. The molecule has 0 saturated carbocycles. The lowest BCUT2D eigenvalue weighted by atomic mass is 9.83. The van der Waals surface area contributed by atoms with Crippen molar-refractivity contribution in [2.24, 2.45) is 5.73 Å². The Morgan fingerprint density at radius 3 is 2.63 bits per heavy atom. The fourth-order valence-electron chi connectivity index (χ4n) is 3.60. The number of halogens is 2. The maximum absolute atomic E-state index is 10.1. The van der Waals surface area contributed by atoms with E-state index in [2.05, 4.69) is 48.1 Å². The van der Waals surface area contributed by atoms with E-state index in [0.29, 0.717) is 31.7 Å². The third-order valence-corrected chi connectivity index (χ3v) is 6.18. The average Bonchev–Trinajstić information content (AvgIpc) is 3.36. The van der Waals surface area contributed by atoms with E-state index in [-0.39, 0.29) is 29.9 Å². The molecule has 8 nitrogen and oxygen atoms in total. The molecule has 0 amide bonds. The highest BCUT2D eigenvalue weighted by molar-refractivity contribution is 9.11. The van der Waals surface area contributed by atoms with Gasteiger partial charge in [0, 0.05) is 5.56 Å². The van der Waals surface area contributed by atoms with Crippen LogP contribution >= 0.6 is 31.9 Å². The van der Waals surface area contributed by atoms with Gasteiger partial charge in [0.05, 0.1) is 26.1 Å². The molecule has 3 heterocycles. The van der Waals surface area contributed by atoms with Crippen LogP contribution in [0.3, 0.4) is 0 Å². The third-order valence-electron chi connectivity index (χ3n) is 4.97. The van der Waals surface area contributed by atoms with Crippen LogP contribution in [-0.2, 0) is 0 Å². The van der Waals surface area contributed by atoms with E-state index in [0.717, 1.165) is 11.1 Å². The van der Waals surface area contributed by atoms with Crippen LogP contribution in [-0.4, -0.2) is 22.1 Å². The molecule has 0 radical (unpaired) electrons. The molecule has 10 heteroatoms. The van der Waals surface area contributed by atoms with Gasteiger partial charge in [-0.3, -0.25) is 5.10 Å². The van der Waals surface area contributed by atoms with E-state index in [1.807, 2.05) is 18.2 Å². The molecule has 0 unspecified atom stereocenters. The minimum Gasteiger partial charge on any atom is -0.506 e. The Labute approximate surface area is 187 Å². The Kier molecular flexibility index (Phi) is 4.38. The first-order valence-corrected chi connectivity index (χ1v) is 10.3. The van der Waals surface area contributed by atoms with Gasteiger partial charge in [-0.15, -0.1) is 5.10 Å². The topological polar surface area (TPSA) is 126 Å². The molecule has 0 saturated heterocycles. The van der Waals surface area contributed by atoms with E-state index in [4.69, 9.17) is 19.9 Å². The Morgan fingerprint density at radius 2 is 1.90 bits per heavy atom. The molecule has 0 aliphatic carbocycles. The summed E-state index contributed by atoms with van der Waals surface area (Å²) < 4.78 is 17.5. The number of phenols is 1. The van der Waals surface area contributed by atoms with Crippen LogP contribution in [0.2, 0.25) is 0 Å². The van der Waals surface area contributed by atoms with Crippen LogP contribution in [0.25, 0.3) is 11.3 Å². The summed E-state index contributed by atoms with van der Waals surface area (Å²) >= 11 is 6.71. The highest BCUT2D eigenvalue weighted by Crippen LogP contribution is 2.48. The van der Waals surface area contributed by atoms with Gasteiger partial charge >= 0.3 is 0 Å². The van der Waals surface area contributed by atoms with Gasteiger partial charge in [0.15, 0.2) is 11.5 Å². The predicted molar refractivity (Wildman–Crippen MR) is 113 cm³/mol. The summed E-state index contributed by atoms with van der Waals surface area (Å²) in [6.07, 6.45) is 0. The Hall–Kier alpha value is -3.16. The number of benzene rings is 2. The molecule has 0 bridgehead atoms. The van der Waals surface area contributed by atoms with Crippen molar-refractivity contribution in [1.29, 1.82) is 5.26 Å². The minimum absolute atomic E-state index is 0.0148. The first-order valence-electron chi connectivity index (χ1n) is 8.71. The second-order valence-corrected chi connectivity index (χ2v) is 8.35. The van der Waals surface area contributed by atoms with Gasteiger partial charge in [0.1, 0.15) is 17.4 Å². The van der Waals surface area contributed by atoms with Gasteiger partial charge < -0.3 is 25.1 Å². The van der Waals surface area contributed by atoms with Crippen molar-refractivity contribution in [3.05, 3.63) is 61.9 Å². The van der Waals surface area contributed by atoms with Crippen LogP contribution in [0.15, 0.2) is 50.7 Å². The maximum Gasteiger partial charge on any atom is 0.244 e. The van der Waals surface area contributed by atoms with E-state index in [1.54, 1.807) is 12.1 Å². The molecule has 0 spiro atoms. The third kappa shape index (κ3) is 2.81. The van der Waals surface area contributed by atoms with Crippen molar-refractivity contribution in [3.63, 3.8) is 0 Å². The van der Waals surface area contributed by atoms with E-state index >= 15 is 0 Å². The number of rotatable bonds is 2. The molecular weight excluding hydrogens is 520 g/mol. The highest BCUT2D eigenvalue weighted by atomic mass is 79.9. The lowest BCUT2D eigenvalue weighted by Gasteiger charge is -2.24. The maximum atomic E-state index is 10.1. The molecule has 150 valence electrons. The van der Waals surface area contributed by atoms with Crippen molar-refractivity contribution in [1.82, 2.24) is 10.2 Å². The number of ether oxygens (including phenoxy) is 3. The van der Waals surface area contributed by atoms with Gasteiger partial charge in [0.25, 0.3) is 0 Å². The minimum atomic E-state index is -0.564. The number of nitrogens with one attached hydrogen (secondary N) is 1. The first kappa shape index (κ1) is 18.8. The van der Waals surface area contributed by atoms with Gasteiger partial charge in [-0.05, 0) is 67.8 Å². The number of H-pyrrole nitrogens is 1. The molecule has 30 heavy (non-hydrogen) atoms. The molecule has 5 rings (SSSR count). The zero-order valence-electron chi connectivity index (χ0n) is 15.1. The Morgan fingerprint density at radius 1 is 1.17 bits per heavy atom. The lowest BCUT2D eigenvalue weighted by molar-refractivity contribution is 0.174. The Bertz CT molecular complexity index is 1260. The smallest absolute Gasteiger partial charge is 0.244 e. The summed E-state index contributed by atoms with van der Waals surface area (Å²) in [5, 5.41) is 27.2. The second kappa shape index (κ2) is 6.97. The van der Waals surface area contributed by atoms with Crippen molar-refractivity contribution < 1.29 is 19.3 Å². The van der Waals surface area contributed by atoms with Gasteiger partial charge in [-0.2, -0.15) is 5.26 Å². The lowest BCUT2D eigenvalue weighted by Crippen LogP contribution is -2.21. The summed E-state index contributed by atoms with van der Waals surface area (Å²) in [6, 6.07) is 11.1. The van der Waals surface area contributed by atoms with Crippen LogP contribution in [0.4, 0.5) is 0 Å². The number of aromatic nitrogens is 2. The van der Waals surface area contributed by atoms with Crippen molar-refractivity contribution in [2.75, 3.05) is 6.79 Å². The molecule has 4 N–H and O–H groups in total. The van der Waals surface area contributed by atoms with Crippen LogP contribution < -0.4 is 19.9 Å². The molecule has 2 aliphatic rings. The zero-order valence-corrected chi connectivity index (χ0v) is 18.2. The van der Waals surface area contributed by atoms with Crippen LogP contribution in [0, 0.1) is 11.3 Å². The fraction of sp³-hybridized carbons (Fsp3) is 0.100. The second-order valence-electron chi connectivity index (χ2n) is 6.64. The normalized spacial score (nSPS) is 16.8.